The molecule has 0 fully saturated rings. The monoisotopic (exact) mass is 450 g/mol. The van der Waals surface area contributed by atoms with Gasteiger partial charge in [-0.3, -0.25) is 10.1 Å². The molecule has 0 unspecified atom stereocenters. The first-order valence-electron chi connectivity index (χ1n) is 10.3. The average molecular weight is 451 g/mol. The molecule has 3 aromatic rings. The van der Waals surface area contributed by atoms with E-state index in [2.05, 4.69) is 10.6 Å². The Labute approximate surface area is 193 Å². The maximum Gasteiger partial charge on any atom is 0.257 e. The number of nitrogens with one attached hydrogen (secondary N) is 2. The van der Waals surface area contributed by atoms with E-state index >= 15 is 0 Å². The van der Waals surface area contributed by atoms with Gasteiger partial charge in [0.25, 0.3) is 5.91 Å². The van der Waals surface area contributed by atoms with Crippen LogP contribution in [-0.2, 0) is 11.3 Å². The maximum atomic E-state index is 12.5. The van der Waals surface area contributed by atoms with Crippen LogP contribution in [0.5, 0.6) is 11.5 Å². The Bertz CT molecular complexity index is 1010. The van der Waals surface area contributed by atoms with Gasteiger partial charge in [0.2, 0.25) is 0 Å². The molecule has 166 valence electrons. The predicted molar refractivity (Wildman–Crippen MR) is 129 cm³/mol. The lowest BCUT2D eigenvalue weighted by Crippen LogP contribution is -2.34. The third-order valence-electron chi connectivity index (χ3n) is 4.38. The second-order valence-corrected chi connectivity index (χ2v) is 7.19. The van der Waals surface area contributed by atoms with E-state index in [1.54, 1.807) is 24.3 Å². The van der Waals surface area contributed by atoms with Crippen LogP contribution in [0.4, 0.5) is 5.69 Å². The van der Waals surface area contributed by atoms with E-state index in [9.17, 15) is 4.79 Å². The third kappa shape index (κ3) is 7.68. The Morgan fingerprint density at radius 2 is 1.66 bits per heavy atom. The third-order valence-corrected chi connectivity index (χ3v) is 4.59. The zero-order valence-electron chi connectivity index (χ0n) is 17.9. The molecule has 7 heteroatoms. The van der Waals surface area contributed by atoms with E-state index in [0.717, 1.165) is 17.0 Å². The SMILES string of the molecule is CCOCCOc1cccc(C(=O)NC(=S)Nc2ccc(OCc3ccccc3)cc2)c1. The van der Waals surface area contributed by atoms with E-state index in [0.29, 0.717) is 37.7 Å². The number of carbonyl (C=O) groups is 1. The first kappa shape index (κ1) is 23.2. The Kier molecular flexibility index (Phi) is 9.04. The quantitative estimate of drug-likeness (QED) is 0.341. The highest BCUT2D eigenvalue weighted by Gasteiger charge is 2.09. The van der Waals surface area contributed by atoms with Crippen LogP contribution in [-0.4, -0.2) is 30.8 Å². The number of hydrogen-bond acceptors (Lipinski definition) is 5. The molecule has 0 spiro atoms. The van der Waals surface area contributed by atoms with Crippen LogP contribution in [0.3, 0.4) is 0 Å². The molecular weight excluding hydrogens is 424 g/mol. The standard InChI is InChI=1S/C25H26N2O4S/c1-2-29-15-16-30-23-10-6-9-20(17-23)24(28)27-25(32)26-21-11-13-22(14-12-21)31-18-19-7-4-3-5-8-19/h3-14,17H,2,15-16,18H2,1H3,(H2,26,27,28,32). The molecule has 1 amide bonds. The van der Waals surface area contributed by atoms with Crippen molar-refractivity contribution in [2.75, 3.05) is 25.1 Å². The number of anilines is 1. The van der Waals surface area contributed by atoms with Gasteiger partial charge in [-0.2, -0.15) is 0 Å². The summed E-state index contributed by atoms with van der Waals surface area (Å²) >= 11 is 5.27. The zero-order chi connectivity index (χ0) is 22.6. The average Bonchev–Trinajstić information content (AvgIpc) is 2.82. The fraction of sp³-hybridized carbons (Fsp3) is 0.200. The molecule has 0 aliphatic rings. The first-order chi connectivity index (χ1) is 15.6. The van der Waals surface area contributed by atoms with E-state index < -0.39 is 0 Å². The van der Waals surface area contributed by atoms with Crippen molar-refractivity contribution in [3.8, 4) is 11.5 Å². The molecule has 0 aliphatic carbocycles. The lowest BCUT2D eigenvalue weighted by molar-refractivity contribution is 0.0976. The molecule has 0 aromatic heterocycles. The topological polar surface area (TPSA) is 68.8 Å². The largest absolute Gasteiger partial charge is 0.491 e. The molecule has 0 atom stereocenters. The van der Waals surface area contributed by atoms with Crippen LogP contribution in [0.1, 0.15) is 22.8 Å². The van der Waals surface area contributed by atoms with Crippen LogP contribution in [0.25, 0.3) is 0 Å². The smallest absolute Gasteiger partial charge is 0.257 e. The van der Waals surface area contributed by atoms with Gasteiger partial charge in [-0.25, -0.2) is 0 Å². The van der Waals surface area contributed by atoms with Gasteiger partial charge in [-0.05, 0) is 67.2 Å². The highest BCUT2D eigenvalue weighted by atomic mass is 32.1. The molecule has 0 saturated heterocycles. The van der Waals surface area contributed by atoms with Crippen molar-refractivity contribution in [1.29, 1.82) is 0 Å². The molecule has 3 rings (SSSR count). The molecule has 0 heterocycles. The minimum atomic E-state index is -0.319. The molecule has 2 N–H and O–H groups in total. The van der Waals surface area contributed by atoms with E-state index in [1.165, 1.54) is 0 Å². The van der Waals surface area contributed by atoms with Crippen molar-refractivity contribution in [2.24, 2.45) is 0 Å². The van der Waals surface area contributed by atoms with Crippen LogP contribution >= 0.6 is 12.2 Å². The second-order valence-electron chi connectivity index (χ2n) is 6.78. The van der Waals surface area contributed by atoms with E-state index in [-0.39, 0.29) is 11.0 Å². The summed E-state index contributed by atoms with van der Waals surface area (Å²) in [7, 11) is 0. The number of benzene rings is 3. The van der Waals surface area contributed by atoms with Gasteiger partial charge < -0.3 is 19.5 Å². The Hall–Kier alpha value is -3.42. The van der Waals surface area contributed by atoms with Gasteiger partial charge in [-0.15, -0.1) is 0 Å². The summed E-state index contributed by atoms with van der Waals surface area (Å²) in [5.41, 5.74) is 2.30. The van der Waals surface area contributed by atoms with Crippen molar-refractivity contribution >= 4 is 28.9 Å². The summed E-state index contributed by atoms with van der Waals surface area (Å²) in [6.45, 7) is 3.98. The lowest BCUT2D eigenvalue weighted by atomic mass is 10.2. The summed E-state index contributed by atoms with van der Waals surface area (Å²) in [6, 6.07) is 24.2. The second kappa shape index (κ2) is 12.4. The fourth-order valence-corrected chi connectivity index (χ4v) is 3.01. The molecule has 3 aromatic carbocycles. The highest BCUT2D eigenvalue weighted by molar-refractivity contribution is 7.80. The molecule has 0 bridgehead atoms. The zero-order valence-corrected chi connectivity index (χ0v) is 18.7. The predicted octanol–water partition coefficient (Wildman–Crippen LogP) is 4.81. The molecule has 0 saturated carbocycles. The van der Waals surface area contributed by atoms with Gasteiger partial charge in [-0.1, -0.05) is 36.4 Å². The minimum absolute atomic E-state index is 0.204. The summed E-state index contributed by atoms with van der Waals surface area (Å²) in [5.74, 6) is 1.03. The molecule has 0 radical (unpaired) electrons. The number of rotatable bonds is 10. The summed E-state index contributed by atoms with van der Waals surface area (Å²) in [5, 5.41) is 5.89. The number of hydrogen-bond donors (Lipinski definition) is 2. The minimum Gasteiger partial charge on any atom is -0.491 e. The van der Waals surface area contributed by atoms with Crippen LogP contribution in [0, 0.1) is 0 Å². The summed E-state index contributed by atoms with van der Waals surface area (Å²) in [6.07, 6.45) is 0. The van der Waals surface area contributed by atoms with Gasteiger partial charge in [0.05, 0.1) is 6.61 Å². The van der Waals surface area contributed by atoms with Gasteiger partial charge in [0, 0.05) is 17.9 Å². The van der Waals surface area contributed by atoms with Crippen LogP contribution in [0.2, 0.25) is 0 Å². The number of carbonyl (C=O) groups excluding carboxylic acids is 1. The Morgan fingerprint density at radius 3 is 2.41 bits per heavy atom. The lowest BCUT2D eigenvalue weighted by Gasteiger charge is -2.12. The molecular formula is C25H26N2O4S. The van der Waals surface area contributed by atoms with Crippen molar-refractivity contribution in [2.45, 2.75) is 13.5 Å². The van der Waals surface area contributed by atoms with Gasteiger partial charge >= 0.3 is 0 Å². The van der Waals surface area contributed by atoms with Gasteiger partial charge in [0.15, 0.2) is 5.11 Å². The van der Waals surface area contributed by atoms with Crippen LogP contribution in [0.15, 0.2) is 78.9 Å². The van der Waals surface area contributed by atoms with Crippen LogP contribution < -0.4 is 20.1 Å². The van der Waals surface area contributed by atoms with E-state index in [1.807, 2.05) is 61.5 Å². The number of ether oxygens (including phenoxy) is 3. The summed E-state index contributed by atoms with van der Waals surface area (Å²) < 4.78 is 16.6. The van der Waals surface area contributed by atoms with Crippen molar-refractivity contribution in [3.05, 3.63) is 90.0 Å². The van der Waals surface area contributed by atoms with Crippen molar-refractivity contribution in [3.63, 3.8) is 0 Å². The van der Waals surface area contributed by atoms with Gasteiger partial charge in [0.1, 0.15) is 24.7 Å². The fourth-order valence-electron chi connectivity index (χ4n) is 2.80. The normalized spacial score (nSPS) is 10.3. The van der Waals surface area contributed by atoms with Crippen molar-refractivity contribution in [1.82, 2.24) is 5.32 Å². The van der Waals surface area contributed by atoms with E-state index in [4.69, 9.17) is 26.4 Å². The Balaban J connectivity index is 1.47. The number of thiocarbonyl (C=S) groups is 1. The molecule has 32 heavy (non-hydrogen) atoms. The molecule has 6 nitrogen and oxygen atoms in total. The number of amides is 1. The molecule has 0 aliphatic heterocycles. The maximum absolute atomic E-state index is 12.5. The van der Waals surface area contributed by atoms with Crippen molar-refractivity contribution < 1.29 is 19.0 Å². The Morgan fingerprint density at radius 1 is 0.875 bits per heavy atom. The first-order valence-corrected chi connectivity index (χ1v) is 10.7. The summed E-state index contributed by atoms with van der Waals surface area (Å²) in [4.78, 5) is 12.5. The highest BCUT2D eigenvalue weighted by Crippen LogP contribution is 2.17.